The molecular formula is C8H16ClNO3. The van der Waals surface area contributed by atoms with Crippen LogP contribution in [0.2, 0.25) is 0 Å². The molecule has 0 aromatic rings. The smallest absolute Gasteiger partial charge is 0.337 e. The van der Waals surface area contributed by atoms with Gasteiger partial charge in [0.1, 0.15) is 0 Å². The summed E-state index contributed by atoms with van der Waals surface area (Å²) in [5.74, 6) is -0.533. The molecule has 0 heterocycles. The number of esters is 1. The maximum absolute atomic E-state index is 11.1. The first-order chi connectivity index (χ1) is 5.58. The summed E-state index contributed by atoms with van der Waals surface area (Å²) >= 11 is 0. The van der Waals surface area contributed by atoms with Gasteiger partial charge in [-0.15, -0.1) is 12.4 Å². The number of halogens is 1. The van der Waals surface area contributed by atoms with Gasteiger partial charge in [-0.1, -0.05) is 0 Å². The standard InChI is InChI=1S/C8H15NO3.ClH/c1-12-7(10)8(11)4-2-6(9)3-5-8;/h6,11H,2-5,9H2,1H3;1H/t6-,8+;. The van der Waals surface area contributed by atoms with E-state index in [4.69, 9.17) is 5.73 Å². The Hall–Kier alpha value is -0.320. The van der Waals surface area contributed by atoms with Gasteiger partial charge >= 0.3 is 5.97 Å². The van der Waals surface area contributed by atoms with Crippen LogP contribution in [0, 0.1) is 0 Å². The Morgan fingerprint density at radius 1 is 1.54 bits per heavy atom. The normalized spacial score (nSPS) is 33.3. The van der Waals surface area contributed by atoms with Gasteiger partial charge < -0.3 is 15.6 Å². The molecule has 0 aromatic heterocycles. The summed E-state index contributed by atoms with van der Waals surface area (Å²) in [4.78, 5) is 11.1. The first-order valence-electron chi connectivity index (χ1n) is 4.15. The molecule has 1 rings (SSSR count). The van der Waals surface area contributed by atoms with E-state index < -0.39 is 11.6 Å². The van der Waals surface area contributed by atoms with Crippen molar-refractivity contribution < 1.29 is 14.6 Å². The molecule has 1 fully saturated rings. The average molecular weight is 210 g/mol. The minimum absolute atomic E-state index is 0. The van der Waals surface area contributed by atoms with Gasteiger partial charge in [-0.2, -0.15) is 0 Å². The molecule has 0 aromatic carbocycles. The largest absolute Gasteiger partial charge is 0.467 e. The number of carbonyl (C=O) groups excluding carboxylic acids is 1. The van der Waals surface area contributed by atoms with Crippen LogP contribution in [0.5, 0.6) is 0 Å². The fourth-order valence-corrected chi connectivity index (χ4v) is 1.51. The Bertz CT molecular complexity index is 178. The molecule has 0 spiro atoms. The predicted molar refractivity (Wildman–Crippen MR) is 50.7 cm³/mol. The summed E-state index contributed by atoms with van der Waals surface area (Å²) in [5.41, 5.74) is 4.36. The minimum Gasteiger partial charge on any atom is -0.467 e. The third-order valence-electron chi connectivity index (χ3n) is 2.42. The van der Waals surface area contributed by atoms with Crippen LogP contribution in [0.25, 0.3) is 0 Å². The first kappa shape index (κ1) is 12.7. The zero-order chi connectivity index (χ0) is 9.19. The Labute approximate surface area is 83.9 Å². The van der Waals surface area contributed by atoms with Crippen LogP contribution in [0.1, 0.15) is 25.7 Å². The van der Waals surface area contributed by atoms with E-state index in [9.17, 15) is 9.90 Å². The molecule has 0 bridgehead atoms. The van der Waals surface area contributed by atoms with Gasteiger partial charge in [0.2, 0.25) is 0 Å². The summed E-state index contributed by atoms with van der Waals surface area (Å²) < 4.78 is 4.50. The molecule has 1 saturated carbocycles. The Kier molecular flexibility index (Phi) is 4.67. The highest BCUT2D eigenvalue weighted by Crippen LogP contribution is 2.28. The van der Waals surface area contributed by atoms with Crippen LogP contribution < -0.4 is 5.73 Å². The fraction of sp³-hybridized carbons (Fsp3) is 0.875. The van der Waals surface area contributed by atoms with Gasteiger partial charge in [0.25, 0.3) is 0 Å². The molecule has 13 heavy (non-hydrogen) atoms. The number of carbonyl (C=O) groups is 1. The number of hydrogen-bond donors (Lipinski definition) is 2. The SMILES string of the molecule is COC(=O)[C@]1(O)CC[C@@H](N)CC1.Cl. The first-order valence-corrected chi connectivity index (χ1v) is 4.15. The van der Waals surface area contributed by atoms with Crippen LogP contribution in [-0.4, -0.2) is 29.8 Å². The number of ether oxygens (including phenoxy) is 1. The third-order valence-corrected chi connectivity index (χ3v) is 2.42. The summed E-state index contributed by atoms with van der Waals surface area (Å²) in [6.45, 7) is 0. The quantitative estimate of drug-likeness (QED) is 0.606. The Morgan fingerprint density at radius 3 is 2.38 bits per heavy atom. The van der Waals surface area contributed by atoms with Crippen LogP contribution >= 0.6 is 12.4 Å². The van der Waals surface area contributed by atoms with Crippen molar-refractivity contribution in [1.29, 1.82) is 0 Å². The van der Waals surface area contributed by atoms with Crippen molar-refractivity contribution >= 4 is 18.4 Å². The summed E-state index contributed by atoms with van der Waals surface area (Å²) in [5, 5.41) is 9.73. The molecule has 1 aliphatic rings. The van der Waals surface area contributed by atoms with Gasteiger partial charge in [-0.25, -0.2) is 4.79 Å². The lowest BCUT2D eigenvalue weighted by Crippen LogP contribution is -2.45. The lowest BCUT2D eigenvalue weighted by Gasteiger charge is -2.31. The number of rotatable bonds is 1. The van der Waals surface area contributed by atoms with E-state index in [2.05, 4.69) is 4.74 Å². The van der Waals surface area contributed by atoms with E-state index in [0.29, 0.717) is 25.7 Å². The molecule has 5 heteroatoms. The highest BCUT2D eigenvalue weighted by Gasteiger charge is 2.39. The molecule has 0 aliphatic heterocycles. The molecule has 1 aliphatic carbocycles. The van der Waals surface area contributed by atoms with Gasteiger partial charge in [0.15, 0.2) is 5.60 Å². The van der Waals surface area contributed by atoms with E-state index in [1.54, 1.807) is 0 Å². The van der Waals surface area contributed by atoms with Gasteiger partial charge in [-0.3, -0.25) is 0 Å². The zero-order valence-electron chi connectivity index (χ0n) is 7.66. The third kappa shape index (κ3) is 2.83. The van der Waals surface area contributed by atoms with Crippen LogP contribution in [0.3, 0.4) is 0 Å². The lowest BCUT2D eigenvalue weighted by molar-refractivity contribution is -0.165. The van der Waals surface area contributed by atoms with E-state index in [1.165, 1.54) is 7.11 Å². The zero-order valence-corrected chi connectivity index (χ0v) is 8.47. The maximum atomic E-state index is 11.1. The van der Waals surface area contributed by atoms with Crippen molar-refractivity contribution in [3.05, 3.63) is 0 Å². The second-order valence-corrected chi connectivity index (χ2v) is 3.36. The number of methoxy groups -OCH3 is 1. The van der Waals surface area contributed by atoms with E-state index in [0.717, 1.165) is 0 Å². The highest BCUT2D eigenvalue weighted by atomic mass is 35.5. The van der Waals surface area contributed by atoms with Gasteiger partial charge in [0.05, 0.1) is 7.11 Å². The summed E-state index contributed by atoms with van der Waals surface area (Å²) in [7, 11) is 1.29. The Balaban J connectivity index is 0.00000144. The van der Waals surface area contributed by atoms with Crippen molar-refractivity contribution in [3.63, 3.8) is 0 Å². The monoisotopic (exact) mass is 209 g/mol. The predicted octanol–water partition coefficient (Wildman–Crippen LogP) is 0.214. The Morgan fingerprint density at radius 2 is 2.00 bits per heavy atom. The molecule has 4 nitrogen and oxygen atoms in total. The number of hydrogen-bond acceptors (Lipinski definition) is 4. The molecular weight excluding hydrogens is 194 g/mol. The van der Waals surface area contributed by atoms with E-state index in [-0.39, 0.29) is 18.4 Å². The van der Waals surface area contributed by atoms with Gasteiger partial charge in [-0.05, 0) is 25.7 Å². The maximum Gasteiger partial charge on any atom is 0.337 e. The second kappa shape index (κ2) is 4.79. The van der Waals surface area contributed by atoms with Crippen molar-refractivity contribution in [2.75, 3.05) is 7.11 Å². The minimum atomic E-state index is -1.27. The molecule has 0 unspecified atom stereocenters. The second-order valence-electron chi connectivity index (χ2n) is 3.36. The van der Waals surface area contributed by atoms with Gasteiger partial charge in [0, 0.05) is 6.04 Å². The fourth-order valence-electron chi connectivity index (χ4n) is 1.51. The number of nitrogens with two attached hydrogens (primary N) is 1. The number of aliphatic hydroxyl groups is 1. The molecule has 0 radical (unpaired) electrons. The van der Waals surface area contributed by atoms with Crippen molar-refractivity contribution in [1.82, 2.24) is 0 Å². The molecule has 3 N–H and O–H groups in total. The molecule has 0 amide bonds. The highest BCUT2D eigenvalue weighted by molar-refractivity contribution is 5.85. The average Bonchev–Trinajstić information content (AvgIpc) is 2.09. The topological polar surface area (TPSA) is 72.5 Å². The summed E-state index contributed by atoms with van der Waals surface area (Å²) in [6, 6.07) is 0.120. The molecule has 0 saturated heterocycles. The van der Waals surface area contributed by atoms with Crippen LogP contribution in [0.15, 0.2) is 0 Å². The van der Waals surface area contributed by atoms with Crippen molar-refractivity contribution in [2.45, 2.75) is 37.3 Å². The summed E-state index contributed by atoms with van der Waals surface area (Å²) in [6.07, 6.45) is 2.21. The van der Waals surface area contributed by atoms with Crippen LogP contribution in [-0.2, 0) is 9.53 Å². The van der Waals surface area contributed by atoms with Crippen LogP contribution in [0.4, 0.5) is 0 Å². The molecule has 78 valence electrons. The van der Waals surface area contributed by atoms with E-state index >= 15 is 0 Å². The van der Waals surface area contributed by atoms with E-state index in [1.807, 2.05) is 0 Å². The lowest BCUT2D eigenvalue weighted by atomic mass is 9.82. The van der Waals surface area contributed by atoms with Crippen molar-refractivity contribution in [3.8, 4) is 0 Å². The van der Waals surface area contributed by atoms with Crippen molar-refractivity contribution in [2.24, 2.45) is 5.73 Å². The molecule has 0 atom stereocenters.